The third-order valence-electron chi connectivity index (χ3n) is 1.77. The van der Waals surface area contributed by atoms with E-state index in [0.29, 0.717) is 0 Å². The third-order valence-corrected chi connectivity index (χ3v) is 1.77. The van der Waals surface area contributed by atoms with Gasteiger partial charge in [-0.25, -0.2) is 4.99 Å². The summed E-state index contributed by atoms with van der Waals surface area (Å²) in [5.41, 5.74) is 2.12. The largest absolute Gasteiger partial charge is 0.249 e. The van der Waals surface area contributed by atoms with Crippen molar-refractivity contribution in [1.82, 2.24) is 0 Å². The van der Waals surface area contributed by atoms with Crippen LogP contribution in [0.1, 0.15) is 5.56 Å². The van der Waals surface area contributed by atoms with Crippen molar-refractivity contribution < 1.29 is 0 Å². The van der Waals surface area contributed by atoms with Crippen molar-refractivity contribution in [3.8, 4) is 0 Å². The highest BCUT2D eigenvalue weighted by Gasteiger charge is 1.96. The lowest BCUT2D eigenvalue weighted by Gasteiger charge is -1.86. The first-order valence-corrected chi connectivity index (χ1v) is 3.62. The third kappa shape index (κ3) is 0.984. The van der Waals surface area contributed by atoms with Gasteiger partial charge in [0.1, 0.15) is 0 Å². The van der Waals surface area contributed by atoms with Crippen LogP contribution in [0, 0.1) is 6.92 Å². The van der Waals surface area contributed by atoms with Gasteiger partial charge in [-0.3, -0.25) is 0 Å². The van der Waals surface area contributed by atoms with E-state index in [1.54, 1.807) is 0 Å². The quantitative estimate of drug-likeness (QED) is 0.512. The zero-order chi connectivity index (χ0) is 7.84. The molecule has 0 N–H and O–H groups in total. The fourth-order valence-corrected chi connectivity index (χ4v) is 1.26. The minimum Gasteiger partial charge on any atom is -0.249 e. The lowest BCUT2D eigenvalue weighted by molar-refractivity contribution is 1.30. The van der Waals surface area contributed by atoms with Gasteiger partial charge in [0.2, 0.25) is 0 Å². The second kappa shape index (κ2) is 2.06. The molecule has 0 aromatic heterocycles. The van der Waals surface area contributed by atoms with Crippen LogP contribution < -0.4 is 10.6 Å². The highest BCUT2D eigenvalue weighted by Crippen LogP contribution is 1.97. The summed E-state index contributed by atoms with van der Waals surface area (Å²) in [5, 5.41) is 2.23. The summed E-state index contributed by atoms with van der Waals surface area (Å²) in [6.07, 6.45) is 2.00. The van der Waals surface area contributed by atoms with E-state index in [2.05, 4.69) is 30.6 Å². The number of hydrogen-bond acceptors (Lipinski definition) is 1. The first-order chi connectivity index (χ1) is 5.25. The van der Waals surface area contributed by atoms with Crippen LogP contribution >= 0.6 is 0 Å². The normalized spacial score (nSPS) is 13.7. The molecule has 0 saturated carbocycles. The fourth-order valence-electron chi connectivity index (χ4n) is 1.26. The Morgan fingerprint density at radius 3 is 3.00 bits per heavy atom. The molecular formula is C10H9N. The van der Waals surface area contributed by atoms with Crippen LogP contribution in [0.5, 0.6) is 0 Å². The molecule has 0 fully saturated rings. The predicted molar refractivity (Wildman–Crippen MR) is 45.6 cm³/mol. The second-order valence-electron chi connectivity index (χ2n) is 2.81. The van der Waals surface area contributed by atoms with Gasteiger partial charge in [0.15, 0.2) is 0 Å². The number of rotatable bonds is 0. The van der Waals surface area contributed by atoms with Gasteiger partial charge in [-0.2, -0.15) is 0 Å². The number of aryl methyl sites for hydroxylation is 1. The van der Waals surface area contributed by atoms with E-state index >= 15 is 0 Å². The van der Waals surface area contributed by atoms with Gasteiger partial charge in [0, 0.05) is 5.22 Å². The lowest BCUT2D eigenvalue weighted by atomic mass is 10.2. The van der Waals surface area contributed by atoms with Gasteiger partial charge in [-0.1, -0.05) is 18.2 Å². The van der Waals surface area contributed by atoms with Crippen molar-refractivity contribution in [2.24, 2.45) is 4.99 Å². The number of fused-ring (bicyclic) bond motifs is 1. The molecule has 0 spiro atoms. The maximum Gasteiger partial charge on any atom is 0.0709 e. The molecule has 0 bridgehead atoms. The van der Waals surface area contributed by atoms with E-state index in [0.717, 1.165) is 11.1 Å². The van der Waals surface area contributed by atoms with Crippen LogP contribution in [0.25, 0.3) is 6.08 Å². The maximum absolute atomic E-state index is 4.24. The molecule has 11 heavy (non-hydrogen) atoms. The average molecular weight is 143 g/mol. The van der Waals surface area contributed by atoms with Crippen LogP contribution in [-0.4, -0.2) is 0 Å². The Hall–Kier alpha value is -1.37. The van der Waals surface area contributed by atoms with Gasteiger partial charge < -0.3 is 0 Å². The standard InChI is InChI=1S/C10H9N/c1-7-3-4-10-9(5-7)6-8(2)11-10/h3-6H,2H2,1H3. The fraction of sp³-hybridized carbons (Fsp3) is 0.100. The van der Waals surface area contributed by atoms with E-state index in [-0.39, 0.29) is 0 Å². The summed E-state index contributed by atoms with van der Waals surface area (Å²) in [6.45, 7) is 5.85. The second-order valence-corrected chi connectivity index (χ2v) is 2.81. The molecule has 1 aromatic rings. The van der Waals surface area contributed by atoms with Crippen molar-refractivity contribution in [1.29, 1.82) is 0 Å². The summed E-state index contributed by atoms with van der Waals surface area (Å²) in [6, 6.07) is 6.21. The van der Waals surface area contributed by atoms with Gasteiger partial charge >= 0.3 is 0 Å². The Labute approximate surface area is 65.4 Å². The summed E-state index contributed by atoms with van der Waals surface area (Å²) in [7, 11) is 0. The predicted octanol–water partition coefficient (Wildman–Crippen LogP) is 0.922. The monoisotopic (exact) mass is 143 g/mol. The van der Waals surface area contributed by atoms with Crippen LogP contribution in [0.2, 0.25) is 0 Å². The molecule has 1 aliphatic heterocycles. The van der Waals surface area contributed by atoms with E-state index < -0.39 is 0 Å². The van der Waals surface area contributed by atoms with Crippen molar-refractivity contribution >= 4 is 6.08 Å². The highest BCUT2D eigenvalue weighted by molar-refractivity contribution is 5.47. The summed E-state index contributed by atoms with van der Waals surface area (Å²) in [5.74, 6) is 0. The van der Waals surface area contributed by atoms with Crippen LogP contribution in [-0.2, 0) is 0 Å². The number of allylic oxidation sites excluding steroid dienone is 1. The van der Waals surface area contributed by atoms with Crippen LogP contribution in [0.4, 0.5) is 0 Å². The Bertz CT molecular complexity index is 427. The minimum atomic E-state index is 0.852. The Balaban J connectivity index is 2.89. The average Bonchev–Trinajstić information content (AvgIpc) is 2.27. The summed E-state index contributed by atoms with van der Waals surface area (Å²) in [4.78, 5) is 4.24. The summed E-state index contributed by atoms with van der Waals surface area (Å²) < 4.78 is 0. The van der Waals surface area contributed by atoms with E-state index in [9.17, 15) is 0 Å². The topological polar surface area (TPSA) is 12.4 Å². The Morgan fingerprint density at radius 2 is 2.18 bits per heavy atom. The number of hydrogen-bond donors (Lipinski definition) is 0. The van der Waals surface area contributed by atoms with E-state index in [1.807, 2.05) is 12.1 Å². The molecule has 2 rings (SSSR count). The Kier molecular flexibility index (Phi) is 1.19. The van der Waals surface area contributed by atoms with Crippen molar-refractivity contribution in [2.75, 3.05) is 0 Å². The molecule has 0 saturated heterocycles. The van der Waals surface area contributed by atoms with Gasteiger partial charge in [-0.15, -0.1) is 0 Å². The van der Waals surface area contributed by atoms with E-state index in [1.165, 1.54) is 10.8 Å². The molecule has 54 valence electrons. The molecule has 0 radical (unpaired) electrons. The lowest BCUT2D eigenvalue weighted by Crippen LogP contribution is -2.20. The zero-order valence-electron chi connectivity index (χ0n) is 6.46. The van der Waals surface area contributed by atoms with Crippen LogP contribution in [0.3, 0.4) is 0 Å². The minimum absolute atomic E-state index is 0.852. The van der Waals surface area contributed by atoms with Gasteiger partial charge in [0.05, 0.1) is 11.1 Å². The first-order valence-electron chi connectivity index (χ1n) is 3.62. The molecule has 1 nitrogen and oxygen atoms in total. The first kappa shape index (κ1) is 6.35. The Morgan fingerprint density at radius 1 is 1.36 bits per heavy atom. The van der Waals surface area contributed by atoms with Crippen molar-refractivity contribution in [3.63, 3.8) is 0 Å². The molecule has 0 aliphatic carbocycles. The van der Waals surface area contributed by atoms with Crippen molar-refractivity contribution in [2.45, 2.75) is 6.92 Å². The zero-order valence-corrected chi connectivity index (χ0v) is 6.46. The molecular weight excluding hydrogens is 134 g/mol. The number of nitrogens with zero attached hydrogens (tertiary/aromatic N) is 1. The highest BCUT2D eigenvalue weighted by atomic mass is 14.7. The molecule has 1 aliphatic rings. The molecule has 1 aromatic carbocycles. The van der Waals surface area contributed by atoms with Crippen molar-refractivity contribution in [3.05, 3.63) is 46.6 Å². The van der Waals surface area contributed by atoms with E-state index in [4.69, 9.17) is 0 Å². The maximum atomic E-state index is 4.24. The molecule has 1 heterocycles. The molecule has 1 heteroatoms. The SMILES string of the molecule is C=C1C=c2cc(C)ccc2=N1. The van der Waals surface area contributed by atoms with Gasteiger partial charge in [-0.05, 0) is 25.1 Å². The van der Waals surface area contributed by atoms with Crippen LogP contribution in [0.15, 0.2) is 35.5 Å². The summed E-state index contributed by atoms with van der Waals surface area (Å²) >= 11 is 0. The van der Waals surface area contributed by atoms with Gasteiger partial charge in [0.25, 0.3) is 0 Å². The molecule has 0 unspecified atom stereocenters. The smallest absolute Gasteiger partial charge is 0.0709 e. The molecule has 0 atom stereocenters. The number of benzene rings is 1. The molecule has 0 amide bonds.